The summed E-state index contributed by atoms with van der Waals surface area (Å²) in [6.07, 6.45) is -1.27. The van der Waals surface area contributed by atoms with Crippen molar-refractivity contribution in [1.29, 1.82) is 0 Å². The summed E-state index contributed by atoms with van der Waals surface area (Å²) in [5, 5.41) is 6.68. The van der Waals surface area contributed by atoms with Gasteiger partial charge in [-0.1, -0.05) is 0 Å². The molecule has 11 heteroatoms. The standard InChI is InChI=1S/C20H18F3N3O5/c1-10(31-20(30)12-3-5-13(6-4-12)25-11(2)27)19(29)24-9-16(28)26-15-8-7-14(21)17(22)18(15)23/h3-8,10H,9H2,1-2H3,(H,24,29)(H,25,27)(H,26,28). The van der Waals surface area contributed by atoms with E-state index in [2.05, 4.69) is 10.6 Å². The van der Waals surface area contributed by atoms with Crippen LogP contribution in [0.25, 0.3) is 0 Å². The molecule has 0 saturated heterocycles. The van der Waals surface area contributed by atoms with Crippen LogP contribution in [0.3, 0.4) is 0 Å². The Bertz CT molecular complexity index is 1010. The lowest BCUT2D eigenvalue weighted by molar-refractivity contribution is -0.130. The second kappa shape index (κ2) is 10.2. The van der Waals surface area contributed by atoms with E-state index in [1.165, 1.54) is 38.1 Å². The van der Waals surface area contributed by atoms with Crippen molar-refractivity contribution < 1.29 is 37.1 Å². The van der Waals surface area contributed by atoms with Crippen LogP contribution in [-0.4, -0.2) is 36.3 Å². The quantitative estimate of drug-likeness (QED) is 0.455. The van der Waals surface area contributed by atoms with E-state index in [-0.39, 0.29) is 11.5 Å². The van der Waals surface area contributed by atoms with Crippen LogP contribution in [0.5, 0.6) is 0 Å². The lowest BCUT2D eigenvalue weighted by atomic mass is 10.2. The highest BCUT2D eigenvalue weighted by molar-refractivity contribution is 5.96. The van der Waals surface area contributed by atoms with Crippen LogP contribution in [0.4, 0.5) is 24.5 Å². The number of carbonyl (C=O) groups excluding carboxylic acids is 4. The van der Waals surface area contributed by atoms with Gasteiger partial charge < -0.3 is 20.7 Å². The van der Waals surface area contributed by atoms with E-state index in [9.17, 15) is 32.3 Å². The lowest BCUT2D eigenvalue weighted by Crippen LogP contribution is -2.40. The molecule has 0 radical (unpaired) electrons. The normalized spacial score (nSPS) is 11.3. The molecule has 0 saturated carbocycles. The van der Waals surface area contributed by atoms with Crippen molar-refractivity contribution in [2.24, 2.45) is 0 Å². The Balaban J connectivity index is 1.85. The maximum Gasteiger partial charge on any atom is 0.338 e. The molecule has 3 N–H and O–H groups in total. The van der Waals surface area contributed by atoms with Gasteiger partial charge in [0.05, 0.1) is 17.8 Å². The molecule has 0 aromatic heterocycles. The molecule has 0 fully saturated rings. The molecule has 1 unspecified atom stereocenters. The predicted octanol–water partition coefficient (Wildman–Crippen LogP) is 2.36. The Labute approximate surface area is 174 Å². The van der Waals surface area contributed by atoms with Gasteiger partial charge in [0.15, 0.2) is 23.6 Å². The number of halogens is 3. The summed E-state index contributed by atoms with van der Waals surface area (Å²) >= 11 is 0. The lowest BCUT2D eigenvalue weighted by Gasteiger charge is -2.14. The average molecular weight is 437 g/mol. The summed E-state index contributed by atoms with van der Waals surface area (Å²) in [7, 11) is 0. The van der Waals surface area contributed by atoms with Crippen LogP contribution in [0.15, 0.2) is 36.4 Å². The van der Waals surface area contributed by atoms with Crippen molar-refractivity contribution in [1.82, 2.24) is 5.32 Å². The van der Waals surface area contributed by atoms with Gasteiger partial charge in [-0.3, -0.25) is 14.4 Å². The first kappa shape index (κ1) is 23.4. The van der Waals surface area contributed by atoms with Crippen LogP contribution in [-0.2, 0) is 19.1 Å². The number of nitrogens with one attached hydrogen (secondary N) is 3. The maximum absolute atomic E-state index is 13.5. The molecular formula is C20H18F3N3O5. The Hall–Kier alpha value is -3.89. The molecule has 0 aliphatic heterocycles. The predicted molar refractivity (Wildman–Crippen MR) is 104 cm³/mol. The summed E-state index contributed by atoms with van der Waals surface area (Å²) in [5.41, 5.74) is -0.000955. The number of ether oxygens (including phenoxy) is 1. The van der Waals surface area contributed by atoms with E-state index in [0.717, 1.165) is 6.07 Å². The Morgan fingerprint density at radius 3 is 2.19 bits per heavy atom. The number of rotatable bonds is 7. The highest BCUT2D eigenvalue weighted by Crippen LogP contribution is 2.19. The molecule has 0 bridgehead atoms. The third-order valence-corrected chi connectivity index (χ3v) is 3.83. The molecule has 1 atom stereocenters. The average Bonchev–Trinajstić information content (AvgIpc) is 2.72. The first-order chi connectivity index (χ1) is 14.6. The van der Waals surface area contributed by atoms with E-state index in [4.69, 9.17) is 4.74 Å². The molecule has 0 spiro atoms. The van der Waals surface area contributed by atoms with Gasteiger partial charge in [0.25, 0.3) is 5.91 Å². The molecule has 2 aromatic rings. The molecular weight excluding hydrogens is 419 g/mol. The third kappa shape index (κ3) is 6.56. The second-order valence-electron chi connectivity index (χ2n) is 6.29. The highest BCUT2D eigenvalue weighted by atomic mass is 19.2. The largest absolute Gasteiger partial charge is 0.449 e. The van der Waals surface area contributed by atoms with Crippen LogP contribution in [0.2, 0.25) is 0 Å². The molecule has 0 heterocycles. The summed E-state index contributed by atoms with van der Waals surface area (Å²) in [4.78, 5) is 46.9. The molecule has 3 amide bonds. The smallest absolute Gasteiger partial charge is 0.338 e. The summed E-state index contributed by atoms with van der Waals surface area (Å²) in [5.74, 6) is -7.56. The van der Waals surface area contributed by atoms with E-state index >= 15 is 0 Å². The van der Waals surface area contributed by atoms with Gasteiger partial charge in [-0.05, 0) is 43.3 Å². The fourth-order valence-electron chi connectivity index (χ4n) is 2.30. The molecule has 2 rings (SSSR count). The van der Waals surface area contributed by atoms with Crippen molar-refractivity contribution in [3.63, 3.8) is 0 Å². The second-order valence-corrected chi connectivity index (χ2v) is 6.29. The minimum absolute atomic E-state index is 0.125. The van der Waals surface area contributed by atoms with E-state index in [0.29, 0.717) is 11.8 Å². The van der Waals surface area contributed by atoms with Gasteiger partial charge >= 0.3 is 5.97 Å². The maximum atomic E-state index is 13.5. The van der Waals surface area contributed by atoms with Crippen LogP contribution >= 0.6 is 0 Å². The number of esters is 1. The number of hydrogen-bond donors (Lipinski definition) is 3. The fraction of sp³-hybridized carbons (Fsp3) is 0.200. The molecule has 8 nitrogen and oxygen atoms in total. The van der Waals surface area contributed by atoms with Gasteiger partial charge in [0, 0.05) is 12.6 Å². The van der Waals surface area contributed by atoms with E-state index in [1.807, 2.05) is 5.32 Å². The van der Waals surface area contributed by atoms with E-state index in [1.54, 1.807) is 0 Å². The summed E-state index contributed by atoms with van der Waals surface area (Å²) in [6, 6.07) is 7.20. The first-order valence-corrected chi connectivity index (χ1v) is 8.88. The van der Waals surface area contributed by atoms with Gasteiger partial charge in [-0.25, -0.2) is 18.0 Å². The molecule has 164 valence electrons. The SMILES string of the molecule is CC(=O)Nc1ccc(C(=O)OC(C)C(=O)NCC(=O)Nc2ccc(F)c(F)c2F)cc1. The third-order valence-electron chi connectivity index (χ3n) is 3.83. The minimum atomic E-state index is -1.74. The molecule has 0 aliphatic rings. The number of benzene rings is 2. The van der Waals surface area contributed by atoms with Crippen LogP contribution in [0.1, 0.15) is 24.2 Å². The number of anilines is 2. The Kier molecular flexibility index (Phi) is 7.72. The monoisotopic (exact) mass is 437 g/mol. The first-order valence-electron chi connectivity index (χ1n) is 8.88. The van der Waals surface area contributed by atoms with Gasteiger partial charge in [-0.2, -0.15) is 0 Å². The summed E-state index contributed by atoms with van der Waals surface area (Å²) < 4.78 is 44.6. The van der Waals surface area contributed by atoms with Crippen molar-refractivity contribution in [3.8, 4) is 0 Å². The van der Waals surface area contributed by atoms with Gasteiger partial charge in [-0.15, -0.1) is 0 Å². The number of carbonyl (C=O) groups is 4. The molecule has 2 aromatic carbocycles. The number of amides is 3. The fourth-order valence-corrected chi connectivity index (χ4v) is 2.30. The summed E-state index contributed by atoms with van der Waals surface area (Å²) in [6.45, 7) is 1.97. The zero-order chi connectivity index (χ0) is 23.1. The topological polar surface area (TPSA) is 114 Å². The Morgan fingerprint density at radius 2 is 1.58 bits per heavy atom. The molecule has 31 heavy (non-hydrogen) atoms. The van der Waals surface area contributed by atoms with E-state index < -0.39 is 53.6 Å². The van der Waals surface area contributed by atoms with Gasteiger partial charge in [0.2, 0.25) is 11.8 Å². The number of hydrogen-bond acceptors (Lipinski definition) is 5. The molecule has 0 aliphatic carbocycles. The Morgan fingerprint density at radius 1 is 0.935 bits per heavy atom. The van der Waals surface area contributed by atoms with Crippen molar-refractivity contribution in [2.45, 2.75) is 20.0 Å². The van der Waals surface area contributed by atoms with Crippen LogP contribution < -0.4 is 16.0 Å². The van der Waals surface area contributed by atoms with Crippen molar-refractivity contribution in [2.75, 3.05) is 17.2 Å². The highest BCUT2D eigenvalue weighted by Gasteiger charge is 2.20. The zero-order valence-corrected chi connectivity index (χ0v) is 16.4. The van der Waals surface area contributed by atoms with Crippen molar-refractivity contribution in [3.05, 3.63) is 59.4 Å². The van der Waals surface area contributed by atoms with Crippen molar-refractivity contribution >= 4 is 35.1 Å². The zero-order valence-electron chi connectivity index (χ0n) is 16.4. The van der Waals surface area contributed by atoms with Crippen LogP contribution in [0, 0.1) is 17.5 Å². The minimum Gasteiger partial charge on any atom is -0.449 e. The van der Waals surface area contributed by atoms with Gasteiger partial charge in [0.1, 0.15) is 0 Å².